The average molecular weight is 387 g/mol. The Kier molecular flexibility index (Phi) is 6.75. The van der Waals surface area contributed by atoms with Gasteiger partial charge in [-0.05, 0) is 18.2 Å². The molecule has 0 spiro atoms. The maximum absolute atomic E-state index is 12.7. The van der Waals surface area contributed by atoms with Crippen LogP contribution >= 0.6 is 11.6 Å². The molecule has 1 fully saturated rings. The number of carbonyl (C=O) groups excluding carboxylic acids is 1. The van der Waals surface area contributed by atoms with Gasteiger partial charge in [0.05, 0.1) is 0 Å². The Hall–Kier alpha value is -2.04. The van der Waals surface area contributed by atoms with E-state index in [2.05, 4.69) is 54.4 Å². The standard InChI is InChI=1S/C22H28ClN3O/c1-17(2)22(18-7-4-3-5-8-18)24-16-21(27)26-13-11-25(12-14-26)20-10-6-9-19(23)15-20/h3-10,15,17,22,24H,11-14,16H2,1-2H3/p+1/t22-/m0/s1. The molecule has 0 saturated carbocycles. The summed E-state index contributed by atoms with van der Waals surface area (Å²) in [5.74, 6) is 0.696. The molecular weight excluding hydrogens is 358 g/mol. The summed E-state index contributed by atoms with van der Waals surface area (Å²) >= 11 is 6.09. The molecule has 144 valence electrons. The first-order chi connectivity index (χ1) is 13.0. The number of halogens is 1. The molecule has 5 heteroatoms. The van der Waals surface area contributed by atoms with Gasteiger partial charge in [-0.2, -0.15) is 0 Å². The minimum absolute atomic E-state index is 0.224. The van der Waals surface area contributed by atoms with Crippen molar-refractivity contribution in [1.82, 2.24) is 4.90 Å². The molecule has 1 atom stereocenters. The third-order valence-electron chi connectivity index (χ3n) is 5.25. The SMILES string of the molecule is CC(C)[C@H]([NH2+]CC(=O)N1CCN(c2cccc(Cl)c2)CC1)c1ccccc1. The molecule has 1 heterocycles. The van der Waals surface area contributed by atoms with Crippen LogP contribution in [0.3, 0.4) is 0 Å². The Morgan fingerprint density at radius 2 is 1.74 bits per heavy atom. The highest BCUT2D eigenvalue weighted by Crippen LogP contribution is 2.21. The monoisotopic (exact) mass is 386 g/mol. The Labute approximate surface area is 167 Å². The molecule has 0 unspecified atom stereocenters. The van der Waals surface area contributed by atoms with Crippen LogP contribution < -0.4 is 10.2 Å². The largest absolute Gasteiger partial charge is 0.368 e. The van der Waals surface area contributed by atoms with Crippen molar-refractivity contribution >= 4 is 23.2 Å². The topological polar surface area (TPSA) is 40.2 Å². The van der Waals surface area contributed by atoms with Gasteiger partial charge in [0.1, 0.15) is 6.04 Å². The van der Waals surface area contributed by atoms with Crippen molar-refractivity contribution < 1.29 is 10.1 Å². The second-order valence-corrected chi connectivity index (χ2v) is 7.90. The number of rotatable bonds is 6. The van der Waals surface area contributed by atoms with Crippen molar-refractivity contribution in [1.29, 1.82) is 0 Å². The lowest BCUT2D eigenvalue weighted by atomic mass is 9.96. The first-order valence-corrected chi connectivity index (χ1v) is 10.1. The summed E-state index contributed by atoms with van der Waals surface area (Å²) in [5.41, 5.74) is 2.41. The van der Waals surface area contributed by atoms with Crippen LogP contribution in [-0.4, -0.2) is 43.5 Å². The van der Waals surface area contributed by atoms with E-state index in [0.29, 0.717) is 18.5 Å². The molecule has 1 aliphatic heterocycles. The van der Waals surface area contributed by atoms with Crippen molar-refractivity contribution in [2.75, 3.05) is 37.6 Å². The summed E-state index contributed by atoms with van der Waals surface area (Å²) in [4.78, 5) is 17.0. The zero-order valence-corrected chi connectivity index (χ0v) is 16.9. The lowest BCUT2D eigenvalue weighted by molar-refractivity contribution is -0.692. The summed E-state index contributed by atoms with van der Waals surface area (Å²) in [5, 5.41) is 2.94. The smallest absolute Gasteiger partial charge is 0.277 e. The molecule has 1 amide bonds. The number of piperazine rings is 1. The quantitative estimate of drug-likeness (QED) is 0.829. The van der Waals surface area contributed by atoms with E-state index in [1.165, 1.54) is 5.56 Å². The molecule has 4 nitrogen and oxygen atoms in total. The second kappa shape index (κ2) is 9.25. The molecule has 2 aromatic carbocycles. The van der Waals surface area contributed by atoms with E-state index in [4.69, 9.17) is 11.6 Å². The third-order valence-corrected chi connectivity index (χ3v) is 5.49. The number of nitrogens with zero attached hydrogens (tertiary/aromatic N) is 2. The van der Waals surface area contributed by atoms with Crippen molar-refractivity contribution in [2.45, 2.75) is 19.9 Å². The van der Waals surface area contributed by atoms with Gasteiger partial charge in [0, 0.05) is 48.4 Å². The Bertz CT molecular complexity index is 742. The minimum Gasteiger partial charge on any atom is -0.368 e. The van der Waals surface area contributed by atoms with Crippen LogP contribution in [-0.2, 0) is 4.79 Å². The zero-order valence-electron chi connectivity index (χ0n) is 16.1. The molecule has 2 N–H and O–H groups in total. The molecular formula is C22H29ClN3O+. The second-order valence-electron chi connectivity index (χ2n) is 7.47. The van der Waals surface area contributed by atoms with Crippen LogP contribution in [0.15, 0.2) is 54.6 Å². The van der Waals surface area contributed by atoms with Crippen molar-refractivity contribution in [3.8, 4) is 0 Å². The fourth-order valence-electron chi connectivity index (χ4n) is 3.71. The summed E-state index contributed by atoms with van der Waals surface area (Å²) in [6.07, 6.45) is 0. The van der Waals surface area contributed by atoms with E-state index in [-0.39, 0.29) is 5.91 Å². The number of quaternary nitrogens is 1. The highest BCUT2D eigenvalue weighted by atomic mass is 35.5. The molecule has 0 radical (unpaired) electrons. The number of carbonyl (C=O) groups is 1. The molecule has 0 bridgehead atoms. The van der Waals surface area contributed by atoms with E-state index in [1.807, 2.05) is 29.2 Å². The van der Waals surface area contributed by atoms with Gasteiger partial charge in [-0.25, -0.2) is 0 Å². The van der Waals surface area contributed by atoms with Crippen LogP contribution in [0.25, 0.3) is 0 Å². The van der Waals surface area contributed by atoms with E-state index >= 15 is 0 Å². The lowest BCUT2D eigenvalue weighted by Crippen LogP contribution is -2.88. The van der Waals surface area contributed by atoms with Crippen LogP contribution in [0.1, 0.15) is 25.5 Å². The first kappa shape index (κ1) is 19.7. The van der Waals surface area contributed by atoms with Gasteiger partial charge in [0.2, 0.25) is 0 Å². The highest BCUT2D eigenvalue weighted by molar-refractivity contribution is 6.30. The van der Waals surface area contributed by atoms with Crippen molar-refractivity contribution in [3.05, 3.63) is 65.2 Å². The Balaban J connectivity index is 1.52. The van der Waals surface area contributed by atoms with Crippen LogP contribution in [0, 0.1) is 5.92 Å². The predicted molar refractivity (Wildman–Crippen MR) is 111 cm³/mol. The number of amides is 1. The van der Waals surface area contributed by atoms with Gasteiger partial charge in [-0.3, -0.25) is 4.79 Å². The number of hydrogen-bond donors (Lipinski definition) is 1. The molecule has 2 aromatic rings. The van der Waals surface area contributed by atoms with Gasteiger partial charge in [0.15, 0.2) is 6.54 Å². The molecule has 0 aliphatic carbocycles. The van der Waals surface area contributed by atoms with Crippen molar-refractivity contribution in [2.24, 2.45) is 5.92 Å². The van der Waals surface area contributed by atoms with E-state index < -0.39 is 0 Å². The van der Waals surface area contributed by atoms with Gasteiger partial charge in [-0.15, -0.1) is 0 Å². The summed E-state index contributed by atoms with van der Waals surface area (Å²) in [6, 6.07) is 18.7. The van der Waals surface area contributed by atoms with Gasteiger partial charge < -0.3 is 15.1 Å². The van der Waals surface area contributed by atoms with Gasteiger partial charge >= 0.3 is 0 Å². The summed E-state index contributed by atoms with van der Waals surface area (Å²) in [6.45, 7) is 8.13. The van der Waals surface area contributed by atoms with Crippen LogP contribution in [0.4, 0.5) is 5.69 Å². The Morgan fingerprint density at radius 3 is 2.37 bits per heavy atom. The van der Waals surface area contributed by atoms with Gasteiger partial charge in [-0.1, -0.05) is 61.8 Å². The number of hydrogen-bond acceptors (Lipinski definition) is 2. The number of nitrogens with two attached hydrogens (primary N) is 1. The predicted octanol–water partition coefficient (Wildman–Crippen LogP) is 2.95. The van der Waals surface area contributed by atoms with Crippen LogP contribution in [0.2, 0.25) is 5.02 Å². The van der Waals surface area contributed by atoms with Crippen LogP contribution in [0.5, 0.6) is 0 Å². The fourth-order valence-corrected chi connectivity index (χ4v) is 3.90. The minimum atomic E-state index is 0.224. The maximum atomic E-state index is 12.7. The summed E-state index contributed by atoms with van der Waals surface area (Å²) in [7, 11) is 0. The number of benzene rings is 2. The molecule has 1 aliphatic rings. The lowest BCUT2D eigenvalue weighted by Gasteiger charge is -2.36. The fraction of sp³-hybridized carbons (Fsp3) is 0.409. The highest BCUT2D eigenvalue weighted by Gasteiger charge is 2.25. The Morgan fingerprint density at radius 1 is 1.04 bits per heavy atom. The average Bonchev–Trinajstić information content (AvgIpc) is 2.69. The van der Waals surface area contributed by atoms with Gasteiger partial charge in [0.25, 0.3) is 5.91 Å². The molecule has 27 heavy (non-hydrogen) atoms. The molecule has 3 rings (SSSR count). The molecule has 0 aromatic heterocycles. The third kappa shape index (κ3) is 5.24. The molecule has 1 saturated heterocycles. The zero-order chi connectivity index (χ0) is 19.2. The van der Waals surface area contributed by atoms with E-state index in [0.717, 1.165) is 36.9 Å². The van der Waals surface area contributed by atoms with Crippen molar-refractivity contribution in [3.63, 3.8) is 0 Å². The van der Waals surface area contributed by atoms with E-state index in [1.54, 1.807) is 0 Å². The maximum Gasteiger partial charge on any atom is 0.277 e. The summed E-state index contributed by atoms with van der Waals surface area (Å²) < 4.78 is 0. The first-order valence-electron chi connectivity index (χ1n) is 9.71. The van der Waals surface area contributed by atoms with E-state index in [9.17, 15) is 4.79 Å². The normalized spacial score (nSPS) is 15.9. The number of anilines is 1.